The lowest BCUT2D eigenvalue weighted by Crippen LogP contribution is -2.48. The van der Waals surface area contributed by atoms with Gasteiger partial charge in [0.05, 0.1) is 31.6 Å². The normalized spacial score (nSPS) is 20.2. The van der Waals surface area contributed by atoms with Crippen LogP contribution in [0.15, 0.2) is 24.8 Å². The fourth-order valence-electron chi connectivity index (χ4n) is 4.34. The molecule has 0 bridgehead atoms. The zero-order valence-corrected chi connectivity index (χ0v) is 18.4. The number of fused-ring (bicyclic) bond motifs is 1. The van der Waals surface area contributed by atoms with E-state index in [2.05, 4.69) is 43.2 Å². The molecule has 170 valence electrons. The van der Waals surface area contributed by atoms with Gasteiger partial charge >= 0.3 is 0 Å². The molecule has 2 aromatic rings. The van der Waals surface area contributed by atoms with Gasteiger partial charge in [0.15, 0.2) is 0 Å². The Bertz CT molecular complexity index is 989. The summed E-state index contributed by atoms with van der Waals surface area (Å²) < 4.78 is 7.37. The number of amides is 1. The predicted octanol–water partition coefficient (Wildman–Crippen LogP) is -0.519. The summed E-state index contributed by atoms with van der Waals surface area (Å²) in [5, 5.41) is 9.06. The third-order valence-corrected chi connectivity index (χ3v) is 6.30. The molecule has 0 atom stereocenters. The minimum Gasteiger partial charge on any atom is -0.379 e. The highest BCUT2D eigenvalue weighted by atomic mass is 16.5. The number of piperazine rings is 1. The molecule has 0 saturated carbocycles. The van der Waals surface area contributed by atoms with Gasteiger partial charge in [-0.2, -0.15) is 5.10 Å². The second-order valence-corrected chi connectivity index (χ2v) is 8.38. The summed E-state index contributed by atoms with van der Waals surface area (Å²) in [6.45, 7) is 7.20. The van der Waals surface area contributed by atoms with Crippen molar-refractivity contribution >= 4 is 17.4 Å². The Morgan fingerprint density at radius 2 is 1.78 bits per heavy atom. The van der Waals surface area contributed by atoms with E-state index in [0.717, 1.165) is 61.7 Å². The van der Waals surface area contributed by atoms with E-state index in [-0.39, 0.29) is 18.4 Å². The zero-order valence-electron chi connectivity index (χ0n) is 18.4. The number of morpholine rings is 1. The molecule has 0 aliphatic carbocycles. The number of nitrogen functional groups attached to an aromatic ring is 1. The minimum atomic E-state index is 0.105. The van der Waals surface area contributed by atoms with Crippen LogP contribution in [0.2, 0.25) is 0 Å². The summed E-state index contributed by atoms with van der Waals surface area (Å²) >= 11 is 0. The first kappa shape index (κ1) is 20.9. The van der Waals surface area contributed by atoms with Crippen molar-refractivity contribution in [2.45, 2.75) is 13.1 Å². The Kier molecular flexibility index (Phi) is 5.77. The van der Waals surface area contributed by atoms with Crippen molar-refractivity contribution in [1.29, 1.82) is 0 Å². The van der Waals surface area contributed by atoms with E-state index >= 15 is 0 Å². The molecule has 1 amide bonds. The average molecular weight is 440 g/mol. The van der Waals surface area contributed by atoms with Crippen LogP contribution in [0.5, 0.6) is 0 Å². The topological polar surface area (TPSA) is 109 Å². The maximum absolute atomic E-state index is 13.0. The lowest BCUT2D eigenvalue weighted by molar-refractivity contribution is -0.133. The molecule has 2 N–H and O–H groups in total. The van der Waals surface area contributed by atoms with E-state index in [4.69, 9.17) is 10.5 Å². The molecule has 32 heavy (non-hydrogen) atoms. The monoisotopic (exact) mass is 439 g/mol. The van der Waals surface area contributed by atoms with Gasteiger partial charge in [-0.3, -0.25) is 9.48 Å². The predicted molar refractivity (Wildman–Crippen MR) is 118 cm³/mol. The number of hydrogen-bond donors (Lipinski definition) is 1. The van der Waals surface area contributed by atoms with Crippen molar-refractivity contribution in [3.63, 3.8) is 0 Å². The molecule has 0 aromatic carbocycles. The van der Waals surface area contributed by atoms with E-state index in [1.165, 1.54) is 0 Å². The number of aromatic nitrogens is 4. The van der Waals surface area contributed by atoms with Crippen LogP contribution in [0.3, 0.4) is 0 Å². The van der Waals surface area contributed by atoms with E-state index in [1.54, 1.807) is 12.4 Å². The molecule has 3 aliphatic rings. The molecule has 5 heterocycles. The van der Waals surface area contributed by atoms with Crippen LogP contribution in [-0.2, 0) is 22.6 Å². The molecular formula is C21H29N9O2. The summed E-state index contributed by atoms with van der Waals surface area (Å²) in [7, 11) is 2.08. The number of carbonyl (C=O) groups excluding carboxylic acids is 1. The van der Waals surface area contributed by atoms with Crippen LogP contribution < -0.4 is 5.73 Å². The highest BCUT2D eigenvalue weighted by molar-refractivity contribution is 5.81. The second-order valence-electron chi connectivity index (χ2n) is 8.38. The number of nitrogens with zero attached hydrogens (tertiary/aromatic N) is 8. The summed E-state index contributed by atoms with van der Waals surface area (Å²) in [6, 6.07) is 0. The SMILES string of the molecule is CN1CCN(C(=O)Cn2ncc3c2CN(N2CCOCC2)C=C3c2cnc(N)nc2)CC1. The number of hydrogen-bond acceptors (Lipinski definition) is 9. The van der Waals surface area contributed by atoms with Gasteiger partial charge in [0.1, 0.15) is 6.54 Å². The van der Waals surface area contributed by atoms with Crippen molar-refractivity contribution in [3.05, 3.63) is 41.6 Å². The Morgan fingerprint density at radius 3 is 2.50 bits per heavy atom. The molecule has 11 nitrogen and oxygen atoms in total. The first-order chi connectivity index (χ1) is 15.6. The second kappa shape index (κ2) is 8.85. The third kappa shape index (κ3) is 4.18. The summed E-state index contributed by atoms with van der Waals surface area (Å²) in [6.07, 6.45) is 7.41. The number of carbonyl (C=O) groups is 1. The van der Waals surface area contributed by atoms with Crippen LogP contribution in [-0.4, -0.2) is 105 Å². The Morgan fingerprint density at radius 1 is 1.06 bits per heavy atom. The summed E-state index contributed by atoms with van der Waals surface area (Å²) in [4.78, 5) is 25.5. The van der Waals surface area contributed by atoms with Crippen LogP contribution in [0.25, 0.3) is 5.57 Å². The highest BCUT2D eigenvalue weighted by Gasteiger charge is 2.29. The maximum Gasteiger partial charge on any atom is 0.244 e. The van der Waals surface area contributed by atoms with Gasteiger partial charge in [-0.05, 0) is 7.05 Å². The van der Waals surface area contributed by atoms with Crippen LogP contribution in [0.1, 0.15) is 16.8 Å². The largest absolute Gasteiger partial charge is 0.379 e. The van der Waals surface area contributed by atoms with Crippen molar-refractivity contribution in [2.24, 2.45) is 0 Å². The van der Waals surface area contributed by atoms with Crippen LogP contribution in [0, 0.1) is 0 Å². The Labute approximate surface area is 187 Å². The van der Waals surface area contributed by atoms with Gasteiger partial charge in [-0.1, -0.05) is 0 Å². The first-order valence-corrected chi connectivity index (χ1v) is 11.0. The lowest BCUT2D eigenvalue weighted by atomic mass is 9.99. The Balaban J connectivity index is 1.43. The minimum absolute atomic E-state index is 0.105. The van der Waals surface area contributed by atoms with Gasteiger partial charge in [0.25, 0.3) is 0 Å². The highest BCUT2D eigenvalue weighted by Crippen LogP contribution is 2.32. The number of nitrogens with two attached hydrogens (primary N) is 1. The van der Waals surface area contributed by atoms with Crippen molar-refractivity contribution < 1.29 is 9.53 Å². The van der Waals surface area contributed by atoms with Crippen LogP contribution in [0.4, 0.5) is 5.95 Å². The standard InChI is InChI=1S/C21H29N9O2/c1-26-2-4-27(5-3-26)20(31)15-30-19-14-29(28-6-8-32-9-7-28)13-18(17(19)12-25-30)16-10-23-21(22)24-11-16/h10-13H,2-9,14-15H2,1H3,(H2,22,23,24). The zero-order chi connectivity index (χ0) is 22.1. The van der Waals surface area contributed by atoms with E-state index in [9.17, 15) is 4.79 Å². The van der Waals surface area contributed by atoms with Crippen molar-refractivity contribution in [3.8, 4) is 0 Å². The fourth-order valence-corrected chi connectivity index (χ4v) is 4.34. The summed E-state index contributed by atoms with van der Waals surface area (Å²) in [5.41, 5.74) is 9.53. The Hall–Kier alpha value is -3.02. The molecular weight excluding hydrogens is 410 g/mol. The van der Waals surface area contributed by atoms with Gasteiger partial charge in [0.2, 0.25) is 11.9 Å². The number of anilines is 1. The molecule has 2 fully saturated rings. The maximum atomic E-state index is 13.0. The lowest BCUT2D eigenvalue weighted by Gasteiger charge is -2.39. The van der Waals surface area contributed by atoms with E-state index < -0.39 is 0 Å². The van der Waals surface area contributed by atoms with Gasteiger partial charge in [-0.15, -0.1) is 0 Å². The summed E-state index contributed by atoms with van der Waals surface area (Å²) in [5.74, 6) is 0.345. The number of hydrazine groups is 1. The molecule has 0 unspecified atom stereocenters. The van der Waals surface area contributed by atoms with Gasteiger partial charge < -0.3 is 25.3 Å². The molecule has 3 aliphatic heterocycles. The average Bonchev–Trinajstić information content (AvgIpc) is 3.22. The van der Waals surface area contributed by atoms with Crippen molar-refractivity contribution in [2.75, 3.05) is 65.3 Å². The molecule has 0 spiro atoms. The quantitative estimate of drug-likeness (QED) is 0.673. The number of ether oxygens (including phenoxy) is 1. The molecule has 5 rings (SSSR count). The van der Waals surface area contributed by atoms with Gasteiger partial charge in [-0.25, -0.2) is 15.0 Å². The molecule has 0 radical (unpaired) electrons. The number of rotatable bonds is 4. The first-order valence-electron chi connectivity index (χ1n) is 11.0. The molecule has 2 saturated heterocycles. The third-order valence-electron chi connectivity index (χ3n) is 6.30. The fraction of sp³-hybridized carbons (Fsp3) is 0.524. The van der Waals surface area contributed by atoms with E-state index in [1.807, 2.05) is 15.8 Å². The van der Waals surface area contributed by atoms with Crippen LogP contribution >= 0.6 is 0 Å². The number of likely N-dealkylation sites (N-methyl/N-ethyl adjacent to an activating group) is 1. The molecule has 11 heteroatoms. The van der Waals surface area contributed by atoms with E-state index in [0.29, 0.717) is 19.8 Å². The van der Waals surface area contributed by atoms with Crippen molar-refractivity contribution in [1.82, 2.24) is 39.6 Å². The smallest absolute Gasteiger partial charge is 0.244 e. The molecule has 2 aromatic heterocycles. The van der Waals surface area contributed by atoms with Gasteiger partial charge in [0, 0.05) is 74.6 Å².